The third kappa shape index (κ3) is 4.33. The summed E-state index contributed by atoms with van der Waals surface area (Å²) < 4.78 is 42.8. The van der Waals surface area contributed by atoms with Gasteiger partial charge in [0.1, 0.15) is 0 Å². The van der Waals surface area contributed by atoms with Gasteiger partial charge < -0.3 is 10.1 Å². The zero-order valence-electron chi connectivity index (χ0n) is 13.2. The Morgan fingerprint density at radius 1 is 1.24 bits per heavy atom. The molecule has 0 aromatic rings. The first-order valence-electron chi connectivity index (χ1n) is 7.89. The number of rotatable bonds is 5. The molecule has 0 radical (unpaired) electrons. The van der Waals surface area contributed by atoms with Gasteiger partial charge in [-0.3, -0.25) is 4.90 Å². The van der Waals surface area contributed by atoms with Crippen LogP contribution >= 0.6 is 0 Å². The average molecular weight is 308 g/mol. The smallest absolute Gasteiger partial charge is 0.378 e. The molecule has 0 amide bonds. The zero-order chi connectivity index (χ0) is 15.7. The average Bonchev–Trinajstić information content (AvgIpc) is 2.38. The molecule has 6 heteroatoms. The third-order valence-electron chi connectivity index (χ3n) is 4.97. The molecule has 2 unspecified atom stereocenters. The van der Waals surface area contributed by atoms with Crippen LogP contribution in [-0.4, -0.2) is 55.5 Å². The molecule has 3 nitrogen and oxygen atoms in total. The van der Waals surface area contributed by atoms with Crippen LogP contribution < -0.4 is 5.32 Å². The van der Waals surface area contributed by atoms with E-state index in [9.17, 15) is 13.2 Å². The van der Waals surface area contributed by atoms with Gasteiger partial charge in [0.2, 0.25) is 0 Å². The van der Waals surface area contributed by atoms with Crippen LogP contribution in [0.4, 0.5) is 13.2 Å². The summed E-state index contributed by atoms with van der Waals surface area (Å²) in [6, 6.07) is 0.745. The van der Waals surface area contributed by atoms with Crippen LogP contribution in [0.2, 0.25) is 0 Å². The van der Waals surface area contributed by atoms with E-state index in [-0.39, 0.29) is 5.41 Å². The van der Waals surface area contributed by atoms with Crippen molar-refractivity contribution in [3.8, 4) is 0 Å². The quantitative estimate of drug-likeness (QED) is 0.845. The van der Waals surface area contributed by atoms with E-state index in [1.54, 1.807) is 0 Å². The molecule has 1 saturated carbocycles. The SMILES string of the molecule is CCOC1CC(NC2CCN(CC(F)(F)F)CC2)C1(C)C. The summed E-state index contributed by atoms with van der Waals surface area (Å²) in [5.74, 6) is 0. The van der Waals surface area contributed by atoms with Crippen molar-refractivity contribution in [3.63, 3.8) is 0 Å². The van der Waals surface area contributed by atoms with E-state index in [4.69, 9.17) is 4.74 Å². The van der Waals surface area contributed by atoms with E-state index in [1.165, 1.54) is 4.90 Å². The van der Waals surface area contributed by atoms with Gasteiger partial charge in [-0.1, -0.05) is 13.8 Å². The molecule has 1 aliphatic carbocycles. The van der Waals surface area contributed by atoms with Gasteiger partial charge in [0.25, 0.3) is 0 Å². The highest BCUT2D eigenvalue weighted by molar-refractivity contribution is 5.04. The van der Waals surface area contributed by atoms with Crippen molar-refractivity contribution in [3.05, 3.63) is 0 Å². The van der Waals surface area contributed by atoms with Crippen LogP contribution in [0.1, 0.15) is 40.0 Å². The fourth-order valence-electron chi connectivity index (χ4n) is 3.45. The Morgan fingerprint density at radius 2 is 1.86 bits per heavy atom. The van der Waals surface area contributed by atoms with Crippen molar-refractivity contribution in [2.75, 3.05) is 26.2 Å². The summed E-state index contributed by atoms with van der Waals surface area (Å²) in [5.41, 5.74) is 0.110. The number of halogens is 3. The first-order valence-corrected chi connectivity index (χ1v) is 7.89. The molecule has 1 saturated heterocycles. The zero-order valence-corrected chi connectivity index (χ0v) is 13.2. The molecule has 0 spiro atoms. The minimum Gasteiger partial charge on any atom is -0.378 e. The van der Waals surface area contributed by atoms with E-state index in [1.807, 2.05) is 6.92 Å². The largest absolute Gasteiger partial charge is 0.401 e. The lowest BCUT2D eigenvalue weighted by atomic mass is 9.64. The minimum atomic E-state index is -4.08. The predicted molar refractivity (Wildman–Crippen MR) is 76.3 cm³/mol. The summed E-state index contributed by atoms with van der Waals surface area (Å²) >= 11 is 0. The Labute approximate surface area is 125 Å². The van der Waals surface area contributed by atoms with Crippen LogP contribution in [0.3, 0.4) is 0 Å². The van der Waals surface area contributed by atoms with Crippen molar-refractivity contribution >= 4 is 0 Å². The Kier molecular flexibility index (Phi) is 5.21. The molecule has 21 heavy (non-hydrogen) atoms. The second-order valence-electron chi connectivity index (χ2n) is 6.89. The summed E-state index contributed by atoms with van der Waals surface area (Å²) in [6.45, 7) is 7.42. The van der Waals surface area contributed by atoms with Gasteiger partial charge in [-0.05, 0) is 39.3 Å². The number of nitrogens with one attached hydrogen (secondary N) is 1. The molecule has 1 aliphatic heterocycles. The Bertz CT molecular complexity index is 338. The normalized spacial score (nSPS) is 31.1. The first kappa shape index (κ1) is 17.0. The summed E-state index contributed by atoms with van der Waals surface area (Å²) in [5, 5.41) is 3.63. The fraction of sp³-hybridized carbons (Fsp3) is 1.00. The molecule has 1 N–H and O–H groups in total. The van der Waals surface area contributed by atoms with Crippen molar-refractivity contribution < 1.29 is 17.9 Å². The van der Waals surface area contributed by atoms with Gasteiger partial charge in [0.05, 0.1) is 12.6 Å². The molecule has 0 bridgehead atoms. The highest BCUT2D eigenvalue weighted by Crippen LogP contribution is 2.43. The standard InChI is InChI=1S/C15H27F3N2O/c1-4-21-13-9-12(14(13,2)3)19-11-5-7-20(8-6-11)10-15(16,17)18/h11-13,19H,4-10H2,1-3H3. The monoisotopic (exact) mass is 308 g/mol. The molecule has 0 aromatic carbocycles. The Morgan fingerprint density at radius 3 is 2.33 bits per heavy atom. The molecule has 0 aromatic heterocycles. The maximum Gasteiger partial charge on any atom is 0.401 e. The van der Waals surface area contributed by atoms with E-state index in [0.717, 1.165) is 25.9 Å². The topological polar surface area (TPSA) is 24.5 Å². The van der Waals surface area contributed by atoms with Gasteiger partial charge >= 0.3 is 6.18 Å². The van der Waals surface area contributed by atoms with Gasteiger partial charge in [0.15, 0.2) is 0 Å². The molecular weight excluding hydrogens is 281 g/mol. The van der Waals surface area contributed by atoms with Gasteiger partial charge in [0, 0.05) is 24.1 Å². The highest BCUT2D eigenvalue weighted by atomic mass is 19.4. The number of likely N-dealkylation sites (tertiary alicyclic amines) is 1. The number of alkyl halides is 3. The molecule has 1 heterocycles. The van der Waals surface area contributed by atoms with Crippen molar-refractivity contribution in [1.82, 2.24) is 10.2 Å². The first-order chi connectivity index (χ1) is 9.72. The molecule has 2 rings (SSSR count). The molecule has 2 atom stereocenters. The maximum absolute atomic E-state index is 12.4. The van der Waals surface area contributed by atoms with E-state index in [2.05, 4.69) is 19.2 Å². The van der Waals surface area contributed by atoms with Gasteiger partial charge in [-0.25, -0.2) is 0 Å². The molecule has 2 fully saturated rings. The predicted octanol–water partition coefficient (Wildman–Crippen LogP) is 2.81. The Hall–Kier alpha value is -0.330. The maximum atomic E-state index is 12.4. The summed E-state index contributed by atoms with van der Waals surface area (Å²) in [7, 11) is 0. The molecular formula is C15H27F3N2O. The third-order valence-corrected chi connectivity index (χ3v) is 4.97. The van der Waals surface area contributed by atoms with Crippen LogP contribution in [0.25, 0.3) is 0 Å². The van der Waals surface area contributed by atoms with Crippen LogP contribution in [0, 0.1) is 5.41 Å². The van der Waals surface area contributed by atoms with Crippen molar-refractivity contribution in [2.24, 2.45) is 5.41 Å². The number of ether oxygens (including phenoxy) is 1. The number of piperidine rings is 1. The van der Waals surface area contributed by atoms with Gasteiger partial charge in [-0.2, -0.15) is 13.2 Å². The van der Waals surface area contributed by atoms with Crippen molar-refractivity contribution in [2.45, 2.75) is 64.4 Å². The molecule has 2 aliphatic rings. The van der Waals surface area contributed by atoms with E-state index >= 15 is 0 Å². The lowest BCUT2D eigenvalue weighted by Crippen LogP contribution is -2.63. The lowest BCUT2D eigenvalue weighted by molar-refractivity contribution is -0.149. The minimum absolute atomic E-state index is 0.110. The fourth-order valence-corrected chi connectivity index (χ4v) is 3.45. The van der Waals surface area contributed by atoms with Crippen LogP contribution in [0.5, 0.6) is 0 Å². The van der Waals surface area contributed by atoms with Crippen molar-refractivity contribution in [1.29, 1.82) is 0 Å². The lowest BCUT2D eigenvalue weighted by Gasteiger charge is -2.53. The molecule has 124 valence electrons. The van der Waals surface area contributed by atoms with Crippen LogP contribution in [-0.2, 0) is 4.74 Å². The highest BCUT2D eigenvalue weighted by Gasteiger charge is 2.49. The second kappa shape index (κ2) is 6.42. The number of hydrogen-bond acceptors (Lipinski definition) is 3. The number of nitrogens with zero attached hydrogens (tertiary/aromatic N) is 1. The van der Waals surface area contributed by atoms with E-state index < -0.39 is 12.7 Å². The Balaban J connectivity index is 1.72. The van der Waals surface area contributed by atoms with Gasteiger partial charge in [-0.15, -0.1) is 0 Å². The summed E-state index contributed by atoms with van der Waals surface area (Å²) in [4.78, 5) is 1.51. The second-order valence-corrected chi connectivity index (χ2v) is 6.89. The van der Waals surface area contributed by atoms with Crippen LogP contribution in [0.15, 0.2) is 0 Å². The number of hydrogen-bond donors (Lipinski definition) is 1. The van der Waals surface area contributed by atoms with E-state index in [0.29, 0.717) is 31.3 Å². The summed E-state index contributed by atoms with van der Waals surface area (Å²) in [6.07, 6.45) is -1.20.